The minimum Gasteiger partial charge on any atom is -0.358 e. The molecule has 4 nitrogen and oxygen atoms in total. The number of piperidine rings is 1. The van der Waals surface area contributed by atoms with Gasteiger partial charge in [-0.15, -0.1) is 0 Å². The molecule has 15 heavy (non-hydrogen) atoms. The Kier molecular flexibility index (Phi) is 2.46. The zero-order chi connectivity index (χ0) is 11.1. The molecule has 2 aliphatic heterocycles. The van der Waals surface area contributed by atoms with Crippen LogP contribution in [0.4, 0.5) is 0 Å². The Balaban J connectivity index is 2.03. The molecule has 2 rings (SSSR count). The summed E-state index contributed by atoms with van der Waals surface area (Å²) in [6.07, 6.45) is 1.74. The zero-order valence-corrected chi connectivity index (χ0v) is 9.47. The molecule has 2 aliphatic rings. The average Bonchev–Trinajstić information content (AvgIpc) is 2.42. The summed E-state index contributed by atoms with van der Waals surface area (Å²) in [6.45, 7) is 10.1. The van der Waals surface area contributed by atoms with Crippen LogP contribution in [0.3, 0.4) is 0 Å². The number of carbonyl (C=O) groups excluding carboxylic acids is 1. The van der Waals surface area contributed by atoms with Gasteiger partial charge in [-0.3, -0.25) is 4.79 Å². The van der Waals surface area contributed by atoms with Crippen LogP contribution >= 0.6 is 0 Å². The molecule has 2 heterocycles. The summed E-state index contributed by atoms with van der Waals surface area (Å²) in [5.41, 5.74) is -0.373. The molecule has 0 radical (unpaired) electrons. The summed E-state index contributed by atoms with van der Waals surface area (Å²) in [6, 6.07) is 0.565. The number of likely N-dealkylation sites (tertiary alicyclic amines) is 1. The smallest absolute Gasteiger partial charge is 0.251 e. The quantitative estimate of drug-likeness (QED) is 0.658. The molecule has 4 heteroatoms. The second kappa shape index (κ2) is 3.52. The zero-order valence-electron chi connectivity index (χ0n) is 9.47. The Labute approximate surface area is 90.7 Å². The Hall–Kier alpha value is -1.03. The molecule has 84 valence electrons. The number of nitrogens with one attached hydrogen (secondary N) is 2. The van der Waals surface area contributed by atoms with E-state index in [1.807, 2.05) is 0 Å². The van der Waals surface area contributed by atoms with Crippen molar-refractivity contribution < 1.29 is 4.79 Å². The first-order valence-corrected chi connectivity index (χ1v) is 5.56. The van der Waals surface area contributed by atoms with Gasteiger partial charge in [-0.05, 0) is 26.7 Å². The molecule has 2 fully saturated rings. The topological polar surface area (TPSA) is 44.4 Å². The maximum absolute atomic E-state index is 11.8. The second-order valence-corrected chi connectivity index (χ2v) is 4.77. The van der Waals surface area contributed by atoms with Gasteiger partial charge in [0.1, 0.15) is 5.54 Å². The Bertz CT molecular complexity index is 290. The number of rotatable bonds is 1. The molecule has 2 saturated heterocycles. The standard InChI is InChI=1S/C11H19N3O/c1-8(2)14-6-4-11(5-7-14)10(15)12-9(3)13-11/h8,13H,3-7H2,1-2H3,(H,12,15). The van der Waals surface area contributed by atoms with Crippen LogP contribution < -0.4 is 10.6 Å². The molecular formula is C11H19N3O. The van der Waals surface area contributed by atoms with E-state index in [1.54, 1.807) is 0 Å². The average molecular weight is 209 g/mol. The van der Waals surface area contributed by atoms with E-state index in [9.17, 15) is 4.79 Å². The highest BCUT2D eigenvalue weighted by molar-refractivity contribution is 5.90. The van der Waals surface area contributed by atoms with Gasteiger partial charge in [0.2, 0.25) is 0 Å². The van der Waals surface area contributed by atoms with E-state index in [0.717, 1.165) is 25.9 Å². The molecule has 0 aliphatic carbocycles. The van der Waals surface area contributed by atoms with Crippen LogP contribution in [0.25, 0.3) is 0 Å². The normalized spacial score (nSPS) is 25.8. The first-order valence-electron chi connectivity index (χ1n) is 5.56. The van der Waals surface area contributed by atoms with Gasteiger partial charge in [0.05, 0.1) is 5.82 Å². The monoisotopic (exact) mass is 209 g/mol. The van der Waals surface area contributed by atoms with Crippen molar-refractivity contribution in [3.8, 4) is 0 Å². The molecular weight excluding hydrogens is 190 g/mol. The van der Waals surface area contributed by atoms with Crippen LogP contribution in [0.2, 0.25) is 0 Å². The van der Waals surface area contributed by atoms with Gasteiger partial charge >= 0.3 is 0 Å². The first-order chi connectivity index (χ1) is 7.03. The molecule has 0 bridgehead atoms. The van der Waals surface area contributed by atoms with Crippen molar-refractivity contribution in [1.29, 1.82) is 0 Å². The fourth-order valence-corrected chi connectivity index (χ4v) is 2.41. The lowest BCUT2D eigenvalue weighted by Gasteiger charge is -2.39. The number of amides is 1. The predicted molar refractivity (Wildman–Crippen MR) is 59.1 cm³/mol. The van der Waals surface area contributed by atoms with E-state index >= 15 is 0 Å². The molecule has 0 aromatic carbocycles. The predicted octanol–water partition coefficient (Wildman–Crippen LogP) is 0.420. The highest BCUT2D eigenvalue weighted by Gasteiger charge is 2.45. The maximum Gasteiger partial charge on any atom is 0.251 e. The van der Waals surface area contributed by atoms with E-state index < -0.39 is 0 Å². The molecule has 2 N–H and O–H groups in total. The molecule has 0 aromatic heterocycles. The molecule has 1 spiro atoms. The minimum atomic E-state index is -0.373. The minimum absolute atomic E-state index is 0.0934. The van der Waals surface area contributed by atoms with Gasteiger partial charge in [-0.2, -0.15) is 0 Å². The lowest BCUT2D eigenvalue weighted by Crippen LogP contribution is -2.55. The van der Waals surface area contributed by atoms with Crippen molar-refractivity contribution in [2.24, 2.45) is 0 Å². The molecule has 0 saturated carbocycles. The van der Waals surface area contributed by atoms with Gasteiger partial charge in [0.15, 0.2) is 0 Å². The first kappa shape index (κ1) is 10.5. The molecule has 0 aromatic rings. The van der Waals surface area contributed by atoms with E-state index in [2.05, 4.69) is 36.0 Å². The molecule has 0 atom stereocenters. The summed E-state index contributed by atoms with van der Waals surface area (Å²) >= 11 is 0. The van der Waals surface area contributed by atoms with Gasteiger partial charge in [0, 0.05) is 19.1 Å². The molecule has 1 amide bonds. The fraction of sp³-hybridized carbons (Fsp3) is 0.727. The third kappa shape index (κ3) is 1.74. The van der Waals surface area contributed by atoms with Crippen molar-refractivity contribution in [3.05, 3.63) is 12.4 Å². The van der Waals surface area contributed by atoms with Crippen LogP contribution in [-0.4, -0.2) is 35.5 Å². The Morgan fingerprint density at radius 3 is 2.40 bits per heavy atom. The highest BCUT2D eigenvalue weighted by Crippen LogP contribution is 2.27. The van der Waals surface area contributed by atoms with E-state index in [1.165, 1.54) is 0 Å². The third-order valence-electron chi connectivity index (χ3n) is 3.47. The highest BCUT2D eigenvalue weighted by atomic mass is 16.2. The van der Waals surface area contributed by atoms with E-state index in [4.69, 9.17) is 0 Å². The summed E-state index contributed by atoms with van der Waals surface area (Å²) < 4.78 is 0. The van der Waals surface area contributed by atoms with Crippen LogP contribution in [0, 0.1) is 0 Å². The second-order valence-electron chi connectivity index (χ2n) is 4.77. The number of carbonyl (C=O) groups is 1. The number of nitrogens with zero attached hydrogens (tertiary/aromatic N) is 1. The van der Waals surface area contributed by atoms with Gasteiger partial charge in [0.25, 0.3) is 5.91 Å². The van der Waals surface area contributed by atoms with Gasteiger partial charge in [-0.1, -0.05) is 6.58 Å². The van der Waals surface area contributed by atoms with Crippen molar-refractivity contribution in [3.63, 3.8) is 0 Å². The van der Waals surface area contributed by atoms with Gasteiger partial charge < -0.3 is 15.5 Å². The fourth-order valence-electron chi connectivity index (χ4n) is 2.41. The summed E-state index contributed by atoms with van der Waals surface area (Å²) in [5.74, 6) is 0.744. The third-order valence-corrected chi connectivity index (χ3v) is 3.47. The SMILES string of the molecule is C=C1NC(=O)C2(CCN(C(C)C)CC2)N1. The summed E-state index contributed by atoms with van der Waals surface area (Å²) in [5, 5.41) is 5.95. The lowest BCUT2D eigenvalue weighted by atomic mass is 9.87. The van der Waals surface area contributed by atoms with Crippen molar-refractivity contribution in [2.75, 3.05) is 13.1 Å². The van der Waals surface area contributed by atoms with Crippen LogP contribution in [0.15, 0.2) is 12.4 Å². The summed E-state index contributed by atoms with van der Waals surface area (Å²) in [4.78, 5) is 14.2. The number of hydrogen-bond acceptors (Lipinski definition) is 3. The van der Waals surface area contributed by atoms with Crippen LogP contribution in [0.5, 0.6) is 0 Å². The Morgan fingerprint density at radius 2 is 2.00 bits per heavy atom. The largest absolute Gasteiger partial charge is 0.358 e. The van der Waals surface area contributed by atoms with Gasteiger partial charge in [-0.25, -0.2) is 0 Å². The number of hydrogen-bond donors (Lipinski definition) is 2. The van der Waals surface area contributed by atoms with Crippen LogP contribution in [0.1, 0.15) is 26.7 Å². The lowest BCUT2D eigenvalue weighted by molar-refractivity contribution is -0.125. The van der Waals surface area contributed by atoms with E-state index in [-0.39, 0.29) is 11.4 Å². The van der Waals surface area contributed by atoms with Crippen LogP contribution in [-0.2, 0) is 4.79 Å². The summed E-state index contributed by atoms with van der Waals surface area (Å²) in [7, 11) is 0. The van der Waals surface area contributed by atoms with E-state index in [0.29, 0.717) is 11.9 Å². The molecule has 0 unspecified atom stereocenters. The van der Waals surface area contributed by atoms with Crippen molar-refractivity contribution in [1.82, 2.24) is 15.5 Å². The maximum atomic E-state index is 11.8. The van der Waals surface area contributed by atoms with Crippen molar-refractivity contribution >= 4 is 5.91 Å². The van der Waals surface area contributed by atoms with Crippen molar-refractivity contribution in [2.45, 2.75) is 38.3 Å². The Morgan fingerprint density at radius 1 is 1.40 bits per heavy atom.